The zero-order valence-electron chi connectivity index (χ0n) is 9.89. The van der Waals surface area contributed by atoms with Crippen LogP contribution < -0.4 is 0 Å². The molecule has 0 atom stereocenters. The molecule has 2 nitrogen and oxygen atoms in total. The second-order valence-electron chi connectivity index (χ2n) is 4.66. The van der Waals surface area contributed by atoms with E-state index < -0.39 is 12.8 Å². The zero-order chi connectivity index (χ0) is 12.7. The van der Waals surface area contributed by atoms with Crippen molar-refractivity contribution in [3.05, 3.63) is 0 Å². The molecule has 0 N–H and O–H groups in total. The molecule has 0 radical (unpaired) electrons. The Labute approximate surface area is 99.5 Å². The standard InChI is InChI=1S/C12H19F3O2/c13-12(14,15)9-17-7-6-11(16)8-10-4-2-1-3-5-10/h10H,1-9H2. The highest BCUT2D eigenvalue weighted by molar-refractivity contribution is 5.78. The summed E-state index contributed by atoms with van der Waals surface area (Å²) in [6.07, 6.45) is 2.04. The molecule has 1 aliphatic carbocycles. The fourth-order valence-corrected chi connectivity index (χ4v) is 2.19. The molecular formula is C12H19F3O2. The Morgan fingerprint density at radius 3 is 2.41 bits per heavy atom. The van der Waals surface area contributed by atoms with Crippen molar-refractivity contribution in [2.45, 2.75) is 51.1 Å². The minimum absolute atomic E-state index is 0.0269. The van der Waals surface area contributed by atoms with Crippen LogP contribution in [0.1, 0.15) is 44.9 Å². The highest BCUT2D eigenvalue weighted by Crippen LogP contribution is 2.26. The lowest BCUT2D eigenvalue weighted by molar-refractivity contribution is -0.174. The van der Waals surface area contributed by atoms with Crippen LogP contribution in [0, 0.1) is 5.92 Å². The van der Waals surface area contributed by atoms with Gasteiger partial charge in [0.25, 0.3) is 0 Å². The fourth-order valence-electron chi connectivity index (χ4n) is 2.19. The van der Waals surface area contributed by atoms with Crippen LogP contribution in [0.2, 0.25) is 0 Å². The Kier molecular flexibility index (Phi) is 5.95. The minimum Gasteiger partial charge on any atom is -0.372 e. The summed E-state index contributed by atoms with van der Waals surface area (Å²) in [6.45, 7) is -1.38. The van der Waals surface area contributed by atoms with Crippen LogP contribution in [0.4, 0.5) is 13.2 Å². The van der Waals surface area contributed by atoms with Crippen LogP contribution in [0.25, 0.3) is 0 Å². The van der Waals surface area contributed by atoms with Crippen molar-refractivity contribution in [1.29, 1.82) is 0 Å². The van der Waals surface area contributed by atoms with E-state index in [1.54, 1.807) is 0 Å². The van der Waals surface area contributed by atoms with E-state index >= 15 is 0 Å². The number of hydrogen-bond acceptors (Lipinski definition) is 2. The normalized spacial score (nSPS) is 18.3. The van der Waals surface area contributed by atoms with Crippen molar-refractivity contribution in [3.63, 3.8) is 0 Å². The van der Waals surface area contributed by atoms with Crippen LogP contribution in [0.5, 0.6) is 0 Å². The zero-order valence-corrected chi connectivity index (χ0v) is 9.89. The van der Waals surface area contributed by atoms with Gasteiger partial charge in [0, 0.05) is 12.8 Å². The molecule has 1 aliphatic rings. The average Bonchev–Trinajstić information content (AvgIpc) is 2.25. The summed E-state index contributed by atoms with van der Waals surface area (Å²) in [6, 6.07) is 0. The van der Waals surface area contributed by atoms with E-state index in [-0.39, 0.29) is 18.8 Å². The van der Waals surface area contributed by atoms with Crippen molar-refractivity contribution >= 4 is 5.78 Å². The van der Waals surface area contributed by atoms with Crippen molar-refractivity contribution in [2.75, 3.05) is 13.2 Å². The van der Waals surface area contributed by atoms with E-state index in [0.29, 0.717) is 12.3 Å². The summed E-state index contributed by atoms with van der Waals surface area (Å²) in [5, 5.41) is 0. The number of halogens is 3. The molecule has 0 heterocycles. The number of ketones is 1. The molecule has 0 aromatic heterocycles. The Hall–Kier alpha value is -0.580. The summed E-state index contributed by atoms with van der Waals surface area (Å²) < 4.78 is 39.6. The van der Waals surface area contributed by atoms with Gasteiger partial charge in [-0.2, -0.15) is 13.2 Å². The van der Waals surface area contributed by atoms with Gasteiger partial charge < -0.3 is 4.74 Å². The van der Waals surface area contributed by atoms with Crippen molar-refractivity contribution in [1.82, 2.24) is 0 Å². The monoisotopic (exact) mass is 252 g/mol. The van der Waals surface area contributed by atoms with Gasteiger partial charge in [-0.15, -0.1) is 0 Å². The predicted octanol–water partition coefficient (Wildman–Crippen LogP) is 3.49. The number of hydrogen-bond donors (Lipinski definition) is 0. The molecule has 0 aliphatic heterocycles. The number of carbonyl (C=O) groups excluding carboxylic acids is 1. The molecule has 0 spiro atoms. The van der Waals surface area contributed by atoms with Crippen LogP contribution >= 0.6 is 0 Å². The number of alkyl halides is 3. The summed E-state index contributed by atoms with van der Waals surface area (Å²) in [5.41, 5.74) is 0. The molecular weight excluding hydrogens is 233 g/mol. The molecule has 0 saturated heterocycles. The maximum atomic E-state index is 11.7. The Bertz CT molecular complexity index is 232. The van der Waals surface area contributed by atoms with Gasteiger partial charge >= 0.3 is 6.18 Å². The van der Waals surface area contributed by atoms with E-state index in [4.69, 9.17) is 0 Å². The van der Waals surface area contributed by atoms with Crippen LogP contribution in [-0.2, 0) is 9.53 Å². The Morgan fingerprint density at radius 1 is 1.18 bits per heavy atom. The summed E-state index contributed by atoms with van der Waals surface area (Å²) in [4.78, 5) is 11.5. The third-order valence-corrected chi connectivity index (χ3v) is 3.03. The molecule has 0 amide bonds. The number of carbonyl (C=O) groups is 1. The topological polar surface area (TPSA) is 26.3 Å². The summed E-state index contributed by atoms with van der Waals surface area (Å²) >= 11 is 0. The highest BCUT2D eigenvalue weighted by atomic mass is 19.4. The first-order chi connectivity index (χ1) is 7.97. The Balaban J connectivity index is 2.04. The first kappa shape index (κ1) is 14.5. The molecule has 1 fully saturated rings. The molecule has 1 rings (SSSR count). The quantitative estimate of drug-likeness (QED) is 0.676. The number of rotatable bonds is 6. The summed E-state index contributed by atoms with van der Waals surface area (Å²) in [5.74, 6) is 0.470. The van der Waals surface area contributed by atoms with E-state index in [9.17, 15) is 18.0 Å². The molecule has 0 bridgehead atoms. The first-order valence-electron chi connectivity index (χ1n) is 6.13. The smallest absolute Gasteiger partial charge is 0.372 e. The molecule has 17 heavy (non-hydrogen) atoms. The van der Waals surface area contributed by atoms with Crippen LogP contribution in [0.3, 0.4) is 0 Å². The lowest BCUT2D eigenvalue weighted by atomic mass is 9.85. The van der Waals surface area contributed by atoms with E-state index in [2.05, 4.69) is 4.74 Å². The van der Waals surface area contributed by atoms with E-state index in [0.717, 1.165) is 12.8 Å². The third-order valence-electron chi connectivity index (χ3n) is 3.03. The van der Waals surface area contributed by atoms with Gasteiger partial charge in [-0.05, 0) is 5.92 Å². The largest absolute Gasteiger partial charge is 0.411 e. The van der Waals surface area contributed by atoms with E-state index in [1.807, 2.05) is 0 Å². The SMILES string of the molecule is O=C(CCOCC(F)(F)F)CC1CCCCC1. The fraction of sp³-hybridized carbons (Fsp3) is 0.917. The average molecular weight is 252 g/mol. The molecule has 100 valence electrons. The predicted molar refractivity (Wildman–Crippen MR) is 57.7 cm³/mol. The first-order valence-corrected chi connectivity index (χ1v) is 6.13. The molecule has 1 saturated carbocycles. The second kappa shape index (κ2) is 6.99. The van der Waals surface area contributed by atoms with Gasteiger partial charge in [0.15, 0.2) is 0 Å². The third kappa shape index (κ3) is 7.36. The second-order valence-corrected chi connectivity index (χ2v) is 4.66. The maximum Gasteiger partial charge on any atom is 0.411 e. The van der Waals surface area contributed by atoms with Crippen LogP contribution in [0.15, 0.2) is 0 Å². The number of ether oxygens (including phenoxy) is 1. The van der Waals surface area contributed by atoms with Crippen molar-refractivity contribution in [3.8, 4) is 0 Å². The van der Waals surface area contributed by atoms with Gasteiger partial charge in [0.1, 0.15) is 12.4 Å². The van der Waals surface area contributed by atoms with Gasteiger partial charge in [-0.3, -0.25) is 4.79 Å². The van der Waals surface area contributed by atoms with Crippen molar-refractivity contribution < 1.29 is 22.7 Å². The van der Waals surface area contributed by atoms with Gasteiger partial charge in [0.05, 0.1) is 6.61 Å². The van der Waals surface area contributed by atoms with Crippen LogP contribution in [-0.4, -0.2) is 25.2 Å². The van der Waals surface area contributed by atoms with Gasteiger partial charge in [0.2, 0.25) is 0 Å². The molecule has 0 unspecified atom stereocenters. The Morgan fingerprint density at radius 2 is 1.82 bits per heavy atom. The molecule has 0 aromatic rings. The molecule has 0 aromatic carbocycles. The minimum atomic E-state index is -4.30. The molecule has 5 heteroatoms. The lowest BCUT2D eigenvalue weighted by Crippen LogP contribution is -2.19. The van der Waals surface area contributed by atoms with Gasteiger partial charge in [-0.1, -0.05) is 32.1 Å². The van der Waals surface area contributed by atoms with E-state index in [1.165, 1.54) is 19.3 Å². The maximum absolute atomic E-state index is 11.7. The number of Topliss-reactive ketones (excluding diaryl/α,β-unsaturated/α-hetero) is 1. The highest BCUT2D eigenvalue weighted by Gasteiger charge is 2.27. The van der Waals surface area contributed by atoms with Crippen molar-refractivity contribution in [2.24, 2.45) is 5.92 Å². The van der Waals surface area contributed by atoms with Gasteiger partial charge in [-0.25, -0.2) is 0 Å². The lowest BCUT2D eigenvalue weighted by Gasteiger charge is -2.20. The summed E-state index contributed by atoms with van der Waals surface area (Å²) in [7, 11) is 0.